The maximum absolute atomic E-state index is 14.1. The van der Waals surface area contributed by atoms with Crippen molar-refractivity contribution in [1.29, 1.82) is 0 Å². The van der Waals surface area contributed by atoms with Crippen molar-refractivity contribution in [1.82, 2.24) is 9.97 Å². The number of rotatable bonds is 5. The first-order valence-electron chi connectivity index (χ1n) is 10.0. The molecule has 0 aliphatic rings. The first kappa shape index (κ1) is 22.1. The van der Waals surface area contributed by atoms with Gasteiger partial charge in [0.1, 0.15) is 10.5 Å². The van der Waals surface area contributed by atoms with E-state index in [1.807, 2.05) is 17.5 Å². The van der Waals surface area contributed by atoms with Gasteiger partial charge in [-0.15, -0.1) is 11.3 Å². The molecule has 0 saturated carbocycles. The third-order valence-corrected chi connectivity index (χ3v) is 6.25. The fraction of sp³-hybridized carbons (Fsp3) is 0. The minimum atomic E-state index is -0.824. The number of nitrogens with one attached hydrogen (secondary N) is 1. The van der Waals surface area contributed by atoms with E-state index in [2.05, 4.69) is 31.2 Å². The van der Waals surface area contributed by atoms with Crippen molar-refractivity contribution in [3.05, 3.63) is 99.8 Å². The van der Waals surface area contributed by atoms with Crippen LogP contribution in [0.1, 0.15) is 10.4 Å². The van der Waals surface area contributed by atoms with Crippen molar-refractivity contribution in [3.8, 4) is 23.0 Å². The van der Waals surface area contributed by atoms with E-state index < -0.39 is 11.6 Å². The van der Waals surface area contributed by atoms with E-state index in [0.29, 0.717) is 32.9 Å². The summed E-state index contributed by atoms with van der Waals surface area (Å²) in [6.45, 7) is 0. The lowest BCUT2D eigenvalue weighted by molar-refractivity contribution is 0.102. The average molecular weight is 538 g/mol. The number of benzene rings is 3. The number of halogens is 3. The Morgan fingerprint density at radius 2 is 1.79 bits per heavy atom. The molecule has 1 N–H and O–H groups in total. The summed E-state index contributed by atoms with van der Waals surface area (Å²) in [6, 6.07) is 19.0. The van der Waals surface area contributed by atoms with Crippen molar-refractivity contribution in [2.45, 2.75) is 0 Å². The normalized spacial score (nSPS) is 10.9. The van der Waals surface area contributed by atoms with Gasteiger partial charge in [0.25, 0.3) is 5.91 Å². The van der Waals surface area contributed by atoms with Crippen LogP contribution in [-0.4, -0.2) is 15.9 Å². The highest BCUT2D eigenvalue weighted by Crippen LogP contribution is 2.34. The van der Waals surface area contributed by atoms with Crippen LogP contribution in [0.4, 0.5) is 14.5 Å². The van der Waals surface area contributed by atoms with Crippen molar-refractivity contribution < 1.29 is 18.3 Å². The Hall–Kier alpha value is -3.69. The summed E-state index contributed by atoms with van der Waals surface area (Å²) in [4.78, 5) is 21.5. The molecule has 1 amide bonds. The second-order valence-corrected chi connectivity index (χ2v) is 9.04. The van der Waals surface area contributed by atoms with E-state index in [4.69, 9.17) is 4.74 Å². The van der Waals surface area contributed by atoms with Gasteiger partial charge in [-0.05, 0) is 66.0 Å². The highest BCUT2D eigenvalue weighted by Gasteiger charge is 2.15. The lowest BCUT2D eigenvalue weighted by atomic mass is 10.1. The minimum Gasteiger partial charge on any atom is -0.434 e. The van der Waals surface area contributed by atoms with E-state index >= 15 is 0 Å². The number of fused-ring (bicyclic) bond motifs is 1. The number of carbonyl (C=O) groups excluding carboxylic acids is 1. The Kier molecular flexibility index (Phi) is 6.04. The summed E-state index contributed by atoms with van der Waals surface area (Å²) in [5, 5.41) is 4.68. The lowest BCUT2D eigenvalue weighted by Gasteiger charge is -2.10. The number of ether oxygens (including phenoxy) is 1. The topological polar surface area (TPSA) is 64.1 Å². The molecule has 9 heteroatoms. The number of anilines is 1. The van der Waals surface area contributed by atoms with Gasteiger partial charge in [0.2, 0.25) is 5.88 Å². The van der Waals surface area contributed by atoms with Gasteiger partial charge in [0, 0.05) is 27.4 Å². The van der Waals surface area contributed by atoms with Crippen LogP contribution in [0, 0.1) is 11.6 Å². The SMILES string of the molecule is O=C(Nc1ccc(-c2nc(Oc3ccc(F)cc3F)c3sccc3n2)cc1)c1cccc(Br)c1. The van der Waals surface area contributed by atoms with Gasteiger partial charge < -0.3 is 10.1 Å². The summed E-state index contributed by atoms with van der Waals surface area (Å²) >= 11 is 4.72. The molecule has 0 bridgehead atoms. The maximum Gasteiger partial charge on any atom is 0.255 e. The standard InChI is InChI=1S/C25H14BrF2N3O2S/c26-16-3-1-2-15(12-16)24(32)29-18-7-4-14(5-8-18)23-30-20-10-11-34-22(20)25(31-23)33-21-9-6-17(27)13-19(21)28/h1-13H,(H,29,32). The Balaban J connectivity index is 1.42. The second kappa shape index (κ2) is 9.28. The summed E-state index contributed by atoms with van der Waals surface area (Å²) in [7, 11) is 0. The van der Waals surface area contributed by atoms with Gasteiger partial charge in [0.05, 0.1) is 5.52 Å². The molecule has 5 rings (SSSR count). The number of nitrogens with zero attached hydrogens (tertiary/aromatic N) is 2. The van der Waals surface area contributed by atoms with Crippen molar-refractivity contribution >= 4 is 49.1 Å². The van der Waals surface area contributed by atoms with Gasteiger partial charge in [0.15, 0.2) is 17.4 Å². The van der Waals surface area contributed by atoms with Gasteiger partial charge in [-0.1, -0.05) is 22.0 Å². The number of hydrogen-bond donors (Lipinski definition) is 1. The zero-order valence-electron chi connectivity index (χ0n) is 17.3. The number of hydrogen-bond acceptors (Lipinski definition) is 5. The van der Waals surface area contributed by atoms with Crippen molar-refractivity contribution in [2.75, 3.05) is 5.32 Å². The van der Waals surface area contributed by atoms with Crippen LogP contribution in [0.3, 0.4) is 0 Å². The molecule has 2 aromatic heterocycles. The largest absolute Gasteiger partial charge is 0.434 e. The Morgan fingerprint density at radius 1 is 0.971 bits per heavy atom. The molecule has 3 aromatic carbocycles. The molecule has 5 nitrogen and oxygen atoms in total. The molecule has 5 aromatic rings. The fourth-order valence-electron chi connectivity index (χ4n) is 3.23. The third-order valence-electron chi connectivity index (χ3n) is 4.86. The lowest BCUT2D eigenvalue weighted by Crippen LogP contribution is -2.11. The molecule has 0 aliphatic carbocycles. The first-order chi connectivity index (χ1) is 16.5. The molecule has 2 heterocycles. The van der Waals surface area contributed by atoms with Gasteiger partial charge in [-0.3, -0.25) is 4.79 Å². The molecule has 0 saturated heterocycles. The van der Waals surface area contributed by atoms with E-state index in [0.717, 1.165) is 16.6 Å². The predicted octanol–water partition coefficient (Wildman–Crippen LogP) is 7.44. The van der Waals surface area contributed by atoms with Crippen LogP contribution >= 0.6 is 27.3 Å². The Bertz CT molecular complexity index is 1520. The molecule has 0 spiro atoms. The highest BCUT2D eigenvalue weighted by atomic mass is 79.9. The monoisotopic (exact) mass is 537 g/mol. The molecule has 0 fully saturated rings. The van der Waals surface area contributed by atoms with Gasteiger partial charge in [-0.25, -0.2) is 13.8 Å². The Labute approximate surface area is 205 Å². The summed E-state index contributed by atoms with van der Waals surface area (Å²) in [5.41, 5.74) is 2.45. The summed E-state index contributed by atoms with van der Waals surface area (Å²) in [6.07, 6.45) is 0. The molecule has 0 unspecified atom stereocenters. The molecular weight excluding hydrogens is 524 g/mol. The van der Waals surface area contributed by atoms with Crippen LogP contribution < -0.4 is 10.1 Å². The van der Waals surface area contributed by atoms with E-state index in [1.54, 1.807) is 42.5 Å². The van der Waals surface area contributed by atoms with E-state index in [1.165, 1.54) is 17.4 Å². The predicted molar refractivity (Wildman–Crippen MR) is 131 cm³/mol. The summed E-state index contributed by atoms with van der Waals surface area (Å²) in [5.74, 6) is -1.34. The Morgan fingerprint density at radius 3 is 2.56 bits per heavy atom. The molecule has 0 radical (unpaired) electrons. The molecule has 0 aliphatic heterocycles. The average Bonchev–Trinajstić information content (AvgIpc) is 3.30. The maximum atomic E-state index is 14.1. The number of amides is 1. The first-order valence-corrected chi connectivity index (χ1v) is 11.7. The molecule has 34 heavy (non-hydrogen) atoms. The molecule has 0 atom stereocenters. The van der Waals surface area contributed by atoms with Crippen molar-refractivity contribution in [3.63, 3.8) is 0 Å². The quantitative estimate of drug-likeness (QED) is 0.253. The number of thiophene rings is 1. The van der Waals surface area contributed by atoms with Crippen molar-refractivity contribution in [2.24, 2.45) is 0 Å². The molecule has 168 valence electrons. The minimum absolute atomic E-state index is 0.133. The van der Waals surface area contributed by atoms with Gasteiger partial charge in [-0.2, -0.15) is 4.98 Å². The number of carbonyl (C=O) groups is 1. The van der Waals surface area contributed by atoms with Gasteiger partial charge >= 0.3 is 0 Å². The van der Waals surface area contributed by atoms with E-state index in [-0.39, 0.29) is 17.5 Å². The van der Waals surface area contributed by atoms with Crippen LogP contribution in [-0.2, 0) is 0 Å². The highest BCUT2D eigenvalue weighted by molar-refractivity contribution is 9.10. The second-order valence-electron chi connectivity index (χ2n) is 7.21. The zero-order chi connectivity index (χ0) is 23.7. The molecular formula is C25H14BrF2N3O2S. The van der Waals surface area contributed by atoms with Crippen LogP contribution in [0.5, 0.6) is 11.6 Å². The summed E-state index contributed by atoms with van der Waals surface area (Å²) < 4.78 is 34.5. The zero-order valence-corrected chi connectivity index (χ0v) is 19.7. The third kappa shape index (κ3) is 4.66. The number of aromatic nitrogens is 2. The fourth-order valence-corrected chi connectivity index (χ4v) is 4.39. The van der Waals surface area contributed by atoms with Crippen LogP contribution in [0.25, 0.3) is 21.6 Å². The van der Waals surface area contributed by atoms with Crippen LogP contribution in [0.2, 0.25) is 0 Å². The van der Waals surface area contributed by atoms with Crippen LogP contribution in [0.15, 0.2) is 82.6 Å². The van der Waals surface area contributed by atoms with E-state index in [9.17, 15) is 13.6 Å². The smallest absolute Gasteiger partial charge is 0.255 e.